The quantitative estimate of drug-likeness (QED) is 0.422. The molecule has 3 aliphatic rings. The number of amides is 4. The van der Waals surface area contributed by atoms with E-state index in [9.17, 15) is 24.0 Å². The Morgan fingerprint density at radius 1 is 1.12 bits per heavy atom. The van der Waals surface area contributed by atoms with Gasteiger partial charge >= 0.3 is 18.0 Å². The summed E-state index contributed by atoms with van der Waals surface area (Å²) in [5.41, 5.74) is 0.291. The second kappa shape index (κ2) is 10.4. The summed E-state index contributed by atoms with van der Waals surface area (Å²) >= 11 is 1.37. The minimum atomic E-state index is -0.732. The van der Waals surface area contributed by atoms with Crippen molar-refractivity contribution in [1.29, 1.82) is 0 Å². The molecule has 2 fully saturated rings. The van der Waals surface area contributed by atoms with E-state index in [1.165, 1.54) is 16.2 Å². The third-order valence-corrected chi connectivity index (χ3v) is 7.26. The summed E-state index contributed by atoms with van der Waals surface area (Å²) in [5, 5.41) is 7.06. The molecule has 4 rings (SSSR count). The molecule has 1 aromatic heterocycles. The number of imide groups is 1. The van der Waals surface area contributed by atoms with Gasteiger partial charge in [-0.1, -0.05) is 18.9 Å². The Labute approximate surface area is 200 Å². The average Bonchev–Trinajstić information content (AvgIpc) is 3.44. The van der Waals surface area contributed by atoms with Gasteiger partial charge in [-0.05, 0) is 31.2 Å². The number of carbonyl (C=O) groups is 5. The van der Waals surface area contributed by atoms with E-state index in [4.69, 9.17) is 9.47 Å². The van der Waals surface area contributed by atoms with Crippen molar-refractivity contribution < 1.29 is 33.4 Å². The van der Waals surface area contributed by atoms with E-state index in [2.05, 4.69) is 10.6 Å². The summed E-state index contributed by atoms with van der Waals surface area (Å²) < 4.78 is 10.5. The molecule has 1 aromatic rings. The van der Waals surface area contributed by atoms with Crippen LogP contribution >= 0.6 is 11.3 Å². The van der Waals surface area contributed by atoms with Crippen molar-refractivity contribution in [2.45, 2.75) is 45.1 Å². The molecule has 3 unspecified atom stereocenters. The second-order valence-electron chi connectivity index (χ2n) is 8.40. The molecule has 3 atom stereocenters. The molecule has 0 radical (unpaired) electrons. The molecule has 182 valence electrons. The summed E-state index contributed by atoms with van der Waals surface area (Å²) in [7, 11) is 0. The number of nitrogens with zero attached hydrogens (tertiary/aromatic N) is 1. The van der Waals surface area contributed by atoms with Gasteiger partial charge in [0, 0.05) is 11.4 Å². The Morgan fingerprint density at radius 3 is 2.44 bits per heavy atom. The van der Waals surface area contributed by atoms with Gasteiger partial charge < -0.3 is 20.1 Å². The molecular weight excluding hydrogens is 462 g/mol. The van der Waals surface area contributed by atoms with Crippen LogP contribution in [0.4, 0.5) is 4.79 Å². The zero-order chi connectivity index (χ0) is 24.2. The standard InChI is InChI=1S/C23H27N3O7S/c1-2-32-22(30)18-15(24-23(31)25-19(18)16-8-5-11-34-16)12-33-17(27)9-10-26-20(28)13-6-3-4-7-14(13)21(26)29/h5,8,11,13-14,19H,2-4,6-7,9-10,12H2,1H3,(H2,24,25,31). The molecule has 2 N–H and O–H groups in total. The highest BCUT2D eigenvalue weighted by molar-refractivity contribution is 7.10. The Balaban J connectivity index is 1.42. The zero-order valence-electron chi connectivity index (χ0n) is 18.8. The van der Waals surface area contributed by atoms with Crippen LogP contribution in [-0.2, 0) is 28.7 Å². The molecule has 10 nitrogen and oxygen atoms in total. The van der Waals surface area contributed by atoms with Crippen LogP contribution in [0.1, 0.15) is 49.9 Å². The van der Waals surface area contributed by atoms with Gasteiger partial charge in [0.15, 0.2) is 0 Å². The molecule has 34 heavy (non-hydrogen) atoms. The van der Waals surface area contributed by atoms with Crippen LogP contribution in [0, 0.1) is 11.8 Å². The highest BCUT2D eigenvalue weighted by Crippen LogP contribution is 2.38. The third-order valence-electron chi connectivity index (χ3n) is 6.33. The second-order valence-corrected chi connectivity index (χ2v) is 9.38. The molecule has 1 saturated carbocycles. The molecule has 2 aliphatic heterocycles. The molecule has 0 spiro atoms. The number of likely N-dealkylation sites (tertiary alicyclic amines) is 1. The number of nitrogens with one attached hydrogen (secondary N) is 2. The maximum Gasteiger partial charge on any atom is 0.338 e. The lowest BCUT2D eigenvalue weighted by Crippen LogP contribution is -2.47. The van der Waals surface area contributed by atoms with Crippen molar-refractivity contribution in [2.24, 2.45) is 11.8 Å². The van der Waals surface area contributed by atoms with Gasteiger partial charge in [0.25, 0.3) is 0 Å². The topological polar surface area (TPSA) is 131 Å². The molecule has 0 bridgehead atoms. The largest absolute Gasteiger partial charge is 0.463 e. The number of esters is 2. The molecule has 1 saturated heterocycles. The highest BCUT2D eigenvalue weighted by Gasteiger charge is 2.47. The van der Waals surface area contributed by atoms with Gasteiger partial charge in [0.05, 0.1) is 42.2 Å². The molecular formula is C23H27N3O7S. The smallest absolute Gasteiger partial charge is 0.338 e. The van der Waals surface area contributed by atoms with E-state index in [1.807, 2.05) is 5.38 Å². The SMILES string of the molecule is CCOC(=O)C1=C(COC(=O)CCN2C(=O)C3CCCCC3C2=O)NC(=O)NC1c1cccs1. The minimum Gasteiger partial charge on any atom is -0.463 e. The van der Waals surface area contributed by atoms with Crippen molar-refractivity contribution in [3.8, 4) is 0 Å². The summed E-state index contributed by atoms with van der Waals surface area (Å²) in [5.74, 6) is -2.23. The fourth-order valence-electron chi connectivity index (χ4n) is 4.73. The van der Waals surface area contributed by atoms with Crippen LogP contribution in [0.25, 0.3) is 0 Å². The number of urea groups is 1. The first kappa shape index (κ1) is 23.9. The first-order chi connectivity index (χ1) is 16.4. The number of rotatable bonds is 8. The van der Waals surface area contributed by atoms with E-state index in [-0.39, 0.29) is 61.1 Å². The first-order valence-corrected chi connectivity index (χ1v) is 12.3. The summed E-state index contributed by atoms with van der Waals surface area (Å²) in [6.45, 7) is 1.42. The normalized spacial score (nSPS) is 24.4. The minimum absolute atomic E-state index is 0.0426. The van der Waals surface area contributed by atoms with Gasteiger partial charge in [0.2, 0.25) is 11.8 Å². The van der Waals surface area contributed by atoms with Crippen LogP contribution in [-0.4, -0.2) is 54.4 Å². The third kappa shape index (κ3) is 4.84. The molecule has 4 amide bonds. The predicted molar refractivity (Wildman–Crippen MR) is 120 cm³/mol. The Bertz CT molecular complexity index is 996. The van der Waals surface area contributed by atoms with Crippen molar-refractivity contribution in [2.75, 3.05) is 19.8 Å². The van der Waals surface area contributed by atoms with Crippen LogP contribution in [0.15, 0.2) is 28.8 Å². The maximum atomic E-state index is 12.7. The number of hydrogen-bond donors (Lipinski definition) is 2. The lowest BCUT2D eigenvalue weighted by atomic mass is 9.81. The van der Waals surface area contributed by atoms with Crippen molar-refractivity contribution in [3.05, 3.63) is 33.7 Å². The van der Waals surface area contributed by atoms with Crippen molar-refractivity contribution in [3.63, 3.8) is 0 Å². The fourth-order valence-corrected chi connectivity index (χ4v) is 5.51. The van der Waals surface area contributed by atoms with E-state index < -0.39 is 24.0 Å². The highest BCUT2D eigenvalue weighted by atomic mass is 32.1. The van der Waals surface area contributed by atoms with Gasteiger partial charge in [-0.2, -0.15) is 0 Å². The summed E-state index contributed by atoms with van der Waals surface area (Å²) in [6.07, 6.45) is 3.11. The number of ether oxygens (including phenoxy) is 2. The Morgan fingerprint density at radius 2 is 1.82 bits per heavy atom. The van der Waals surface area contributed by atoms with E-state index in [1.54, 1.807) is 19.1 Å². The molecule has 3 heterocycles. The zero-order valence-corrected chi connectivity index (χ0v) is 19.7. The Hall–Kier alpha value is -3.21. The molecule has 11 heteroatoms. The van der Waals surface area contributed by atoms with E-state index in [0.717, 1.165) is 17.7 Å². The summed E-state index contributed by atoms with van der Waals surface area (Å²) in [4.78, 5) is 64.4. The maximum absolute atomic E-state index is 12.7. The predicted octanol–water partition coefficient (Wildman–Crippen LogP) is 2.03. The van der Waals surface area contributed by atoms with Gasteiger partial charge in [-0.25, -0.2) is 9.59 Å². The monoisotopic (exact) mass is 489 g/mol. The number of fused-ring (bicyclic) bond motifs is 1. The van der Waals surface area contributed by atoms with Crippen LogP contribution in [0.5, 0.6) is 0 Å². The van der Waals surface area contributed by atoms with Crippen LogP contribution < -0.4 is 10.6 Å². The number of carbonyl (C=O) groups excluding carboxylic acids is 5. The molecule has 1 aliphatic carbocycles. The van der Waals surface area contributed by atoms with E-state index >= 15 is 0 Å². The lowest BCUT2D eigenvalue weighted by Gasteiger charge is -2.28. The number of hydrogen-bond acceptors (Lipinski definition) is 8. The van der Waals surface area contributed by atoms with E-state index in [0.29, 0.717) is 12.8 Å². The van der Waals surface area contributed by atoms with Gasteiger partial charge in [-0.15, -0.1) is 11.3 Å². The van der Waals surface area contributed by atoms with Crippen LogP contribution in [0.2, 0.25) is 0 Å². The van der Waals surface area contributed by atoms with Gasteiger partial charge in [-0.3, -0.25) is 19.3 Å². The molecule has 0 aromatic carbocycles. The first-order valence-electron chi connectivity index (χ1n) is 11.4. The number of thiophene rings is 1. The van der Waals surface area contributed by atoms with Crippen molar-refractivity contribution >= 4 is 41.1 Å². The van der Waals surface area contributed by atoms with Crippen molar-refractivity contribution in [1.82, 2.24) is 15.5 Å². The Kier molecular flexibility index (Phi) is 7.30. The van der Waals surface area contributed by atoms with Gasteiger partial charge in [0.1, 0.15) is 6.61 Å². The lowest BCUT2D eigenvalue weighted by molar-refractivity contribution is -0.146. The van der Waals surface area contributed by atoms with Crippen LogP contribution in [0.3, 0.4) is 0 Å². The average molecular weight is 490 g/mol. The fraction of sp³-hybridized carbons (Fsp3) is 0.522. The summed E-state index contributed by atoms with van der Waals surface area (Å²) in [6, 6.07) is 2.32.